The standard InChI is InChI=1S/C22H33NO6.C20H31NO6.2C19H27NO6.C18H25NO6.12CH4/c1-5-7-12-29-21(26)22(3,4)15-17(6-2)19(24)27-13-9-14-28-20(25)18-10-8-11-23-16-18;1-6-20(4,18(23)27-16-8-7-9-21-14-16)15-19(2,3)17(22)26-13-12-25-11-10-24-5;2*1-6-19(4,13-18(2,3)16(22)24-5)17(23)26-11-10-25-15(21)14-8-7-9-20-12-14;1-5-13(11-18(2,3)17(22)23-4)15(20)24-9-10-25-16(21)14-7-6-8-19-12-14;;;;;;;;;;;;/h8,10-11,16-17H,5-7,9,12-15H2,1-4H3;7-9,14H,6,10-13,15H2,1-5H3;2*7-9,12H,6,10-11,13H2,1-5H3;6-8,12-13H,5,9-11H2,1-4H3;12*1H4. The number of hydrogen-bond acceptors (Lipinski definition) is 35. The Kier molecular flexibility index (Phi) is 90.1. The van der Waals surface area contributed by atoms with Gasteiger partial charge in [-0.1, -0.05) is 137 Å². The van der Waals surface area contributed by atoms with E-state index in [1.54, 1.807) is 189 Å². The van der Waals surface area contributed by atoms with Crippen molar-refractivity contribution in [1.29, 1.82) is 0 Å². The molecule has 0 saturated carbocycles. The van der Waals surface area contributed by atoms with Gasteiger partial charge in [0.2, 0.25) is 0 Å². The summed E-state index contributed by atoms with van der Waals surface area (Å²) in [6, 6.07) is 16.3. The van der Waals surface area contributed by atoms with Crippen LogP contribution in [0, 0.1) is 55.2 Å². The van der Waals surface area contributed by atoms with Gasteiger partial charge < -0.3 is 75.8 Å². The summed E-state index contributed by atoms with van der Waals surface area (Å²) < 4.78 is 81.8. The highest BCUT2D eigenvalue weighted by Crippen LogP contribution is 2.42. The normalized spacial score (nSPS) is 11.9. The number of rotatable bonds is 52. The van der Waals surface area contributed by atoms with Gasteiger partial charge >= 0.3 is 83.6 Å². The summed E-state index contributed by atoms with van der Waals surface area (Å²) in [5, 5.41) is 0. The Bertz CT molecular complexity index is 4240. The summed E-state index contributed by atoms with van der Waals surface area (Å²) in [4.78, 5) is 189. The largest absolute Gasteiger partial charge is 0.469 e. The first-order valence-electron chi connectivity index (χ1n) is 44.4. The Morgan fingerprint density at radius 3 is 0.841 bits per heavy atom. The third-order valence-electron chi connectivity index (χ3n) is 21.3. The molecule has 0 aliphatic carbocycles. The molecule has 836 valence electrons. The lowest BCUT2D eigenvalue weighted by Crippen LogP contribution is -2.40. The van der Waals surface area contributed by atoms with E-state index in [-0.39, 0.29) is 209 Å². The Morgan fingerprint density at radius 1 is 0.276 bits per heavy atom. The number of methoxy groups -OCH3 is 4. The molecule has 0 saturated heterocycles. The molecule has 0 spiro atoms. The summed E-state index contributed by atoms with van der Waals surface area (Å²) in [5.41, 5.74) is -5.14. The molecule has 0 aromatic carbocycles. The first-order chi connectivity index (χ1) is 62.7. The van der Waals surface area contributed by atoms with Crippen LogP contribution in [0.25, 0.3) is 0 Å². The van der Waals surface area contributed by atoms with E-state index in [0.29, 0.717) is 112 Å². The van der Waals surface area contributed by atoms with Crippen molar-refractivity contribution < 1.29 is 143 Å². The van der Waals surface area contributed by atoms with Crippen LogP contribution in [-0.2, 0) is 119 Å². The zero-order chi connectivity index (χ0) is 101. The monoisotopic (exact) mass is 2060 g/mol. The van der Waals surface area contributed by atoms with Gasteiger partial charge in [0.1, 0.15) is 52.0 Å². The van der Waals surface area contributed by atoms with E-state index in [0.717, 1.165) is 12.8 Å². The molecular weight excluding hydrogens is 1870 g/mol. The smallest absolute Gasteiger partial charge is 0.339 e. The van der Waals surface area contributed by atoms with Crippen molar-refractivity contribution in [3.05, 3.63) is 145 Å². The first-order valence-corrected chi connectivity index (χ1v) is 44.4. The molecule has 5 aromatic heterocycles. The molecule has 5 aromatic rings. The highest BCUT2D eigenvalue weighted by Gasteiger charge is 2.46. The van der Waals surface area contributed by atoms with Crippen molar-refractivity contribution in [3.63, 3.8) is 0 Å². The number of carbonyl (C=O) groups excluding carboxylic acids is 14. The van der Waals surface area contributed by atoms with E-state index in [1.165, 1.54) is 52.3 Å². The van der Waals surface area contributed by atoms with Crippen molar-refractivity contribution >= 4 is 83.6 Å². The number of esters is 14. The second kappa shape index (κ2) is 82.4. The van der Waals surface area contributed by atoms with Crippen LogP contribution in [-0.4, -0.2) is 223 Å². The van der Waals surface area contributed by atoms with Crippen LogP contribution in [0.15, 0.2) is 123 Å². The van der Waals surface area contributed by atoms with Gasteiger partial charge in [-0.25, -0.2) is 19.2 Å². The topological polar surface area (TPSA) is 451 Å². The first kappa shape index (κ1) is 159. The van der Waals surface area contributed by atoms with Gasteiger partial charge in [-0.05, 0) is 221 Å². The van der Waals surface area contributed by atoms with Gasteiger partial charge in [0.05, 0.1) is 145 Å². The van der Waals surface area contributed by atoms with Crippen molar-refractivity contribution in [3.8, 4) is 5.75 Å². The molecule has 0 bridgehead atoms. The molecule has 5 rings (SSSR count). The minimum absolute atomic E-state index is 0. The van der Waals surface area contributed by atoms with Gasteiger partial charge in [-0.2, -0.15) is 0 Å². The van der Waals surface area contributed by atoms with E-state index in [1.807, 2.05) is 41.5 Å². The van der Waals surface area contributed by atoms with Gasteiger partial charge in [0.25, 0.3) is 0 Å². The predicted molar refractivity (Wildman–Crippen MR) is 567 cm³/mol. The van der Waals surface area contributed by atoms with Crippen molar-refractivity contribution in [2.24, 2.45) is 55.2 Å². The third-order valence-corrected chi connectivity index (χ3v) is 21.3. The fourth-order valence-electron chi connectivity index (χ4n) is 13.0. The Hall–Kier alpha value is -11.8. The van der Waals surface area contributed by atoms with Gasteiger partial charge in [-0.15, -0.1) is 0 Å². The number of unbranched alkanes of at least 4 members (excludes halogenated alkanes) is 1. The average molecular weight is 2060 g/mol. The molecule has 0 N–H and O–H groups in total. The number of ether oxygens (including phenoxy) is 16. The molecule has 5 atom stereocenters. The van der Waals surface area contributed by atoms with Crippen LogP contribution in [0.3, 0.4) is 0 Å². The number of aromatic nitrogens is 5. The molecule has 145 heavy (non-hydrogen) atoms. The molecule has 0 aliphatic heterocycles. The zero-order valence-electron chi connectivity index (χ0n) is 82.1. The number of nitrogens with zero attached hydrogens (tertiary/aromatic N) is 5. The predicted octanol–water partition coefficient (Wildman–Crippen LogP) is 22.6. The lowest BCUT2D eigenvalue weighted by molar-refractivity contribution is -0.163. The molecule has 0 aliphatic rings. The Balaban J connectivity index is -0.000000150. The lowest BCUT2D eigenvalue weighted by atomic mass is 9.72. The average Bonchev–Trinajstić information content (AvgIpc) is 0.808. The quantitative estimate of drug-likeness (QED) is 0.0198. The fraction of sp³-hybridized carbons (Fsp3) is 0.645. The molecule has 0 fully saturated rings. The molecule has 0 radical (unpaired) electrons. The Morgan fingerprint density at radius 2 is 0.531 bits per heavy atom. The summed E-state index contributed by atoms with van der Waals surface area (Å²) in [7, 11) is 5.56. The molecule has 0 amide bonds. The number of hydrogen-bond donors (Lipinski definition) is 0. The number of pyridine rings is 5. The van der Waals surface area contributed by atoms with Crippen molar-refractivity contribution in [2.45, 2.75) is 304 Å². The minimum atomic E-state index is -0.842. The van der Waals surface area contributed by atoms with Gasteiger partial charge in [0, 0.05) is 69.3 Å². The van der Waals surface area contributed by atoms with Crippen LogP contribution in [0.4, 0.5) is 0 Å². The van der Waals surface area contributed by atoms with Crippen LogP contribution < -0.4 is 4.74 Å². The van der Waals surface area contributed by atoms with Gasteiger partial charge in [-0.3, -0.25) is 72.9 Å². The van der Waals surface area contributed by atoms with Crippen molar-refractivity contribution in [2.75, 3.05) is 114 Å². The summed E-state index contributed by atoms with van der Waals surface area (Å²) in [5.74, 6) is -6.29. The fourth-order valence-corrected chi connectivity index (χ4v) is 13.0. The van der Waals surface area contributed by atoms with Crippen molar-refractivity contribution in [1.82, 2.24) is 24.9 Å². The number of carbonyl (C=O) groups is 14. The lowest BCUT2D eigenvalue weighted by Gasteiger charge is -2.33. The van der Waals surface area contributed by atoms with Crippen LogP contribution in [0.1, 0.15) is 346 Å². The highest BCUT2D eigenvalue weighted by molar-refractivity contribution is 5.91. The van der Waals surface area contributed by atoms with E-state index < -0.39 is 91.0 Å². The van der Waals surface area contributed by atoms with E-state index in [9.17, 15) is 67.1 Å². The third kappa shape index (κ3) is 60.1. The summed E-state index contributed by atoms with van der Waals surface area (Å²) in [6.07, 6.45) is 21.4. The summed E-state index contributed by atoms with van der Waals surface area (Å²) >= 11 is 0. The molecular formula is C110H191N5O30. The molecule has 5 heterocycles. The molecule has 35 heteroatoms. The maximum atomic E-state index is 12.7. The van der Waals surface area contributed by atoms with Crippen LogP contribution in [0.2, 0.25) is 0 Å². The SMILES string of the molecule is C.C.C.C.C.C.C.C.C.C.C.C.CCC(C)(CC(C)(C)C(=O)OC)C(=O)OCCOC(=O)c1cccnc1.CCC(C)(CC(C)(C)C(=O)OC)C(=O)OCCOC(=O)c1cccnc1.CCC(C)(CC(C)(C)C(=O)OCCOCCOC)C(=O)Oc1cccnc1.CCC(CC(C)(C)C(=O)OC)C(=O)OCCOC(=O)c1cccnc1.CCCCOC(=O)C(C)(C)CC(CC)C(=O)OCCCOC(=O)c1cccnc1. The second-order valence-electron chi connectivity index (χ2n) is 35.1. The maximum absolute atomic E-state index is 12.7. The maximum Gasteiger partial charge on any atom is 0.339 e. The van der Waals surface area contributed by atoms with E-state index in [4.69, 9.17) is 75.8 Å². The van der Waals surface area contributed by atoms with E-state index in [2.05, 4.69) is 24.9 Å². The zero-order valence-corrected chi connectivity index (χ0v) is 82.1. The minimum Gasteiger partial charge on any atom is -0.469 e. The highest BCUT2D eigenvalue weighted by atomic mass is 16.6. The molecule has 35 nitrogen and oxygen atoms in total. The van der Waals surface area contributed by atoms with Gasteiger partial charge in [0.15, 0.2) is 0 Å². The molecule has 5 unspecified atom stereocenters. The Labute approximate surface area is 871 Å². The van der Waals surface area contributed by atoms with Crippen LogP contribution in [0.5, 0.6) is 5.75 Å². The summed E-state index contributed by atoms with van der Waals surface area (Å²) in [6.45, 7) is 36.0. The second-order valence-corrected chi connectivity index (χ2v) is 35.1. The van der Waals surface area contributed by atoms with E-state index >= 15 is 0 Å². The van der Waals surface area contributed by atoms with Crippen LogP contribution >= 0.6 is 0 Å².